The molecule has 0 radical (unpaired) electrons. The van der Waals surface area contributed by atoms with E-state index >= 15 is 0 Å². The minimum atomic E-state index is 0.898. The van der Waals surface area contributed by atoms with E-state index in [-0.39, 0.29) is 0 Å². The first-order chi connectivity index (χ1) is 3.45. The molecule has 2 aliphatic heterocycles. The van der Waals surface area contributed by atoms with E-state index < -0.39 is 0 Å². The molecule has 0 saturated heterocycles. The molecule has 0 aromatic carbocycles. The first-order valence-corrected chi connectivity index (χ1v) is 2.49. The lowest BCUT2D eigenvalue weighted by Gasteiger charge is -1.87. The van der Waals surface area contributed by atoms with Crippen LogP contribution in [0, 0.1) is 0 Å². The normalized spacial score (nSPS) is 25.1. The van der Waals surface area contributed by atoms with Crippen molar-refractivity contribution in [2.24, 2.45) is 9.98 Å². The molecule has 0 aromatic rings. The Hall–Kier alpha value is -0.660. The SMILES string of the molecule is C1N=C2CN=C1C2. The van der Waals surface area contributed by atoms with Crippen molar-refractivity contribution in [2.45, 2.75) is 6.42 Å². The van der Waals surface area contributed by atoms with Gasteiger partial charge in [0.25, 0.3) is 0 Å². The molecule has 0 fully saturated rings. The Morgan fingerprint density at radius 1 is 1.00 bits per heavy atom. The van der Waals surface area contributed by atoms with Gasteiger partial charge in [0.1, 0.15) is 0 Å². The second-order valence-electron chi connectivity index (χ2n) is 1.94. The standard InChI is InChI=1S/C5H6N2/c1-4-2-6-5(1)3-7-4/h1-3H2. The lowest BCUT2D eigenvalue weighted by molar-refractivity contribution is 1.20. The highest BCUT2D eigenvalue weighted by Crippen LogP contribution is 2.09. The van der Waals surface area contributed by atoms with Gasteiger partial charge in [0.2, 0.25) is 0 Å². The summed E-state index contributed by atoms with van der Waals surface area (Å²) >= 11 is 0. The highest BCUT2D eigenvalue weighted by atomic mass is 14.9. The zero-order valence-corrected chi connectivity index (χ0v) is 4.02. The van der Waals surface area contributed by atoms with Gasteiger partial charge in [-0.3, -0.25) is 9.98 Å². The van der Waals surface area contributed by atoms with Crippen molar-refractivity contribution in [2.75, 3.05) is 13.1 Å². The van der Waals surface area contributed by atoms with Crippen LogP contribution in [0.5, 0.6) is 0 Å². The predicted molar refractivity (Wildman–Crippen MR) is 29.2 cm³/mol. The summed E-state index contributed by atoms with van der Waals surface area (Å²) in [6, 6.07) is 0. The van der Waals surface area contributed by atoms with E-state index in [4.69, 9.17) is 0 Å². The van der Waals surface area contributed by atoms with Gasteiger partial charge in [0.15, 0.2) is 0 Å². The maximum Gasteiger partial charge on any atom is 0.0772 e. The summed E-state index contributed by atoms with van der Waals surface area (Å²) in [7, 11) is 0. The molecule has 0 spiro atoms. The zero-order valence-electron chi connectivity index (χ0n) is 4.02. The van der Waals surface area contributed by atoms with Crippen LogP contribution < -0.4 is 0 Å². The summed E-state index contributed by atoms with van der Waals surface area (Å²) < 4.78 is 0. The summed E-state index contributed by atoms with van der Waals surface area (Å²) in [5.74, 6) is 0. The van der Waals surface area contributed by atoms with Crippen LogP contribution in [0.4, 0.5) is 0 Å². The van der Waals surface area contributed by atoms with Crippen molar-refractivity contribution in [3.8, 4) is 0 Å². The summed E-state index contributed by atoms with van der Waals surface area (Å²) in [4.78, 5) is 8.38. The van der Waals surface area contributed by atoms with Crippen molar-refractivity contribution < 1.29 is 0 Å². The van der Waals surface area contributed by atoms with Crippen molar-refractivity contribution in [1.29, 1.82) is 0 Å². The molecular weight excluding hydrogens is 88.1 g/mol. The monoisotopic (exact) mass is 94.1 g/mol. The van der Waals surface area contributed by atoms with Crippen molar-refractivity contribution >= 4 is 11.4 Å². The van der Waals surface area contributed by atoms with Crippen LogP contribution >= 0.6 is 0 Å². The minimum absolute atomic E-state index is 0.898. The Balaban J connectivity index is 2.45. The van der Waals surface area contributed by atoms with Crippen LogP contribution in [0.3, 0.4) is 0 Å². The number of rotatable bonds is 0. The van der Waals surface area contributed by atoms with E-state index in [1.54, 1.807) is 0 Å². The largest absolute Gasteiger partial charge is 0.286 e. The fourth-order valence-corrected chi connectivity index (χ4v) is 0.965. The van der Waals surface area contributed by atoms with Gasteiger partial charge in [-0.15, -0.1) is 0 Å². The Morgan fingerprint density at radius 3 is 1.71 bits per heavy atom. The Bertz CT molecular complexity index is 137. The van der Waals surface area contributed by atoms with Crippen LogP contribution in [0.25, 0.3) is 0 Å². The van der Waals surface area contributed by atoms with Crippen LogP contribution in [-0.4, -0.2) is 24.5 Å². The summed E-state index contributed by atoms with van der Waals surface area (Å²) in [6.45, 7) is 1.80. The van der Waals surface area contributed by atoms with Crippen molar-refractivity contribution in [1.82, 2.24) is 0 Å². The molecule has 0 aliphatic carbocycles. The minimum Gasteiger partial charge on any atom is -0.286 e. The molecule has 0 saturated carbocycles. The second-order valence-corrected chi connectivity index (χ2v) is 1.94. The Labute approximate surface area is 42.0 Å². The smallest absolute Gasteiger partial charge is 0.0772 e. The van der Waals surface area contributed by atoms with E-state index in [1.165, 1.54) is 11.4 Å². The molecule has 0 atom stereocenters. The van der Waals surface area contributed by atoms with Crippen LogP contribution in [0.1, 0.15) is 6.42 Å². The average molecular weight is 94.1 g/mol. The van der Waals surface area contributed by atoms with Gasteiger partial charge in [0.05, 0.1) is 13.1 Å². The van der Waals surface area contributed by atoms with Gasteiger partial charge in [-0.05, 0) is 0 Å². The molecule has 2 heteroatoms. The van der Waals surface area contributed by atoms with Gasteiger partial charge >= 0.3 is 0 Å². The second kappa shape index (κ2) is 0.941. The molecule has 0 N–H and O–H groups in total. The fraction of sp³-hybridized carbons (Fsp3) is 0.600. The quantitative estimate of drug-likeness (QED) is 0.412. The summed E-state index contributed by atoms with van der Waals surface area (Å²) in [5, 5.41) is 0. The Morgan fingerprint density at radius 2 is 1.57 bits per heavy atom. The van der Waals surface area contributed by atoms with Gasteiger partial charge < -0.3 is 0 Å². The van der Waals surface area contributed by atoms with Gasteiger partial charge in [-0.2, -0.15) is 0 Å². The highest BCUT2D eigenvalue weighted by Gasteiger charge is 2.17. The molecule has 2 bridgehead atoms. The van der Waals surface area contributed by atoms with E-state index in [2.05, 4.69) is 9.98 Å². The summed E-state index contributed by atoms with van der Waals surface area (Å²) in [6.07, 6.45) is 1.08. The van der Waals surface area contributed by atoms with Crippen LogP contribution in [-0.2, 0) is 0 Å². The fourth-order valence-electron chi connectivity index (χ4n) is 0.965. The first-order valence-electron chi connectivity index (χ1n) is 2.49. The van der Waals surface area contributed by atoms with E-state index in [1.807, 2.05) is 0 Å². The number of aliphatic imine (C=N–C) groups is 2. The third-order valence-corrected chi connectivity index (χ3v) is 1.38. The molecule has 0 aromatic heterocycles. The molecule has 2 aliphatic rings. The van der Waals surface area contributed by atoms with Crippen LogP contribution in [0.2, 0.25) is 0 Å². The average Bonchev–Trinajstić information content (AvgIpc) is 2.22. The van der Waals surface area contributed by atoms with E-state index in [0.29, 0.717) is 0 Å². The van der Waals surface area contributed by atoms with Crippen LogP contribution in [0.15, 0.2) is 9.98 Å². The van der Waals surface area contributed by atoms with E-state index in [0.717, 1.165) is 19.5 Å². The first kappa shape index (κ1) is 3.36. The molecule has 2 rings (SSSR count). The third-order valence-electron chi connectivity index (χ3n) is 1.38. The van der Waals surface area contributed by atoms with Crippen molar-refractivity contribution in [3.63, 3.8) is 0 Å². The number of hydrogen-bond acceptors (Lipinski definition) is 2. The molecule has 0 amide bonds. The predicted octanol–water partition coefficient (Wildman–Crippen LogP) is 0.286. The molecule has 36 valence electrons. The van der Waals surface area contributed by atoms with Gasteiger partial charge in [0, 0.05) is 17.8 Å². The van der Waals surface area contributed by atoms with E-state index in [9.17, 15) is 0 Å². The molecular formula is C5H6N2. The number of hydrogen-bond donors (Lipinski definition) is 0. The Kier molecular flexibility index (Phi) is 0.451. The number of nitrogens with zero attached hydrogens (tertiary/aromatic N) is 2. The van der Waals surface area contributed by atoms with Crippen molar-refractivity contribution in [3.05, 3.63) is 0 Å². The van der Waals surface area contributed by atoms with Gasteiger partial charge in [-0.25, -0.2) is 0 Å². The highest BCUT2D eigenvalue weighted by molar-refractivity contribution is 6.15. The summed E-state index contributed by atoms with van der Waals surface area (Å²) in [5.41, 5.74) is 2.57. The molecule has 7 heavy (non-hydrogen) atoms. The maximum atomic E-state index is 4.19. The van der Waals surface area contributed by atoms with Gasteiger partial charge in [-0.1, -0.05) is 0 Å². The molecule has 0 unspecified atom stereocenters. The lowest BCUT2D eigenvalue weighted by Crippen LogP contribution is -1.93. The topological polar surface area (TPSA) is 24.7 Å². The molecule has 2 nitrogen and oxygen atoms in total. The maximum absolute atomic E-state index is 4.19. The molecule has 2 heterocycles. The lowest BCUT2D eigenvalue weighted by atomic mass is 10.3. The number of fused-ring (bicyclic) bond motifs is 2. The zero-order chi connectivity index (χ0) is 4.69. The third kappa shape index (κ3) is 0.335.